The number of rotatable bonds is 3. The molecular formula is C20H18N2O. The molecule has 2 aromatic carbocycles. The zero-order chi connectivity index (χ0) is 15.6. The predicted molar refractivity (Wildman–Crippen MR) is 92.9 cm³/mol. The fourth-order valence-corrected chi connectivity index (χ4v) is 2.97. The molecule has 0 radical (unpaired) electrons. The molecular weight excluding hydrogens is 284 g/mol. The molecule has 0 saturated heterocycles. The molecule has 0 aliphatic carbocycles. The zero-order valence-electron chi connectivity index (χ0n) is 13.1. The van der Waals surface area contributed by atoms with Crippen LogP contribution in [0.15, 0.2) is 65.7 Å². The Morgan fingerprint density at radius 3 is 2.74 bits per heavy atom. The standard InChI is InChI=1S/C20H18N2O/c1-14-10-11-16-8-5-9-18(19(16)21-14)20-22-17(13-23-20)12-15-6-3-2-4-7-15/h2-11,17H,12-13H2,1H3/t17-/m0/s1. The molecule has 23 heavy (non-hydrogen) atoms. The van der Waals surface area contributed by atoms with Gasteiger partial charge in [0, 0.05) is 11.1 Å². The van der Waals surface area contributed by atoms with Crippen LogP contribution in [0.1, 0.15) is 16.8 Å². The van der Waals surface area contributed by atoms with Gasteiger partial charge in [0.2, 0.25) is 5.90 Å². The van der Waals surface area contributed by atoms with Crippen molar-refractivity contribution in [2.24, 2.45) is 4.99 Å². The van der Waals surface area contributed by atoms with Gasteiger partial charge in [-0.25, -0.2) is 4.99 Å². The lowest BCUT2D eigenvalue weighted by atomic mass is 10.1. The maximum Gasteiger partial charge on any atom is 0.218 e. The minimum atomic E-state index is 0.174. The number of nitrogens with zero attached hydrogens (tertiary/aromatic N) is 2. The van der Waals surface area contributed by atoms with Crippen molar-refractivity contribution in [2.45, 2.75) is 19.4 Å². The van der Waals surface area contributed by atoms with Gasteiger partial charge in [-0.15, -0.1) is 0 Å². The Morgan fingerprint density at radius 2 is 1.87 bits per heavy atom. The second-order valence-electron chi connectivity index (χ2n) is 5.92. The molecule has 0 unspecified atom stereocenters. The largest absolute Gasteiger partial charge is 0.475 e. The molecule has 0 fully saturated rings. The maximum atomic E-state index is 5.88. The predicted octanol–water partition coefficient (Wildman–Crippen LogP) is 3.93. The maximum absolute atomic E-state index is 5.88. The number of aryl methyl sites for hydroxylation is 1. The van der Waals surface area contributed by atoms with Gasteiger partial charge in [0.15, 0.2) is 0 Å². The highest BCUT2D eigenvalue weighted by atomic mass is 16.5. The van der Waals surface area contributed by atoms with E-state index in [0.717, 1.165) is 34.5 Å². The summed E-state index contributed by atoms with van der Waals surface area (Å²) >= 11 is 0. The fourth-order valence-electron chi connectivity index (χ4n) is 2.97. The number of aliphatic imine (C=N–C) groups is 1. The van der Waals surface area contributed by atoms with Gasteiger partial charge in [-0.3, -0.25) is 4.98 Å². The van der Waals surface area contributed by atoms with Gasteiger partial charge < -0.3 is 4.74 Å². The van der Waals surface area contributed by atoms with Crippen LogP contribution in [0, 0.1) is 6.92 Å². The number of para-hydroxylation sites is 1. The molecule has 2 heterocycles. The van der Waals surface area contributed by atoms with Crippen LogP contribution in [-0.4, -0.2) is 23.5 Å². The van der Waals surface area contributed by atoms with Crippen LogP contribution in [0.2, 0.25) is 0 Å². The molecule has 0 amide bonds. The van der Waals surface area contributed by atoms with Gasteiger partial charge in [-0.1, -0.05) is 48.5 Å². The molecule has 3 nitrogen and oxygen atoms in total. The highest BCUT2D eigenvalue weighted by Gasteiger charge is 2.22. The third-order valence-electron chi connectivity index (χ3n) is 4.12. The summed E-state index contributed by atoms with van der Waals surface area (Å²) in [6, 6.07) is 20.9. The normalized spacial score (nSPS) is 17.1. The van der Waals surface area contributed by atoms with Crippen molar-refractivity contribution in [3.63, 3.8) is 0 Å². The topological polar surface area (TPSA) is 34.5 Å². The molecule has 1 atom stereocenters. The Balaban J connectivity index is 1.66. The van der Waals surface area contributed by atoms with E-state index in [1.54, 1.807) is 0 Å². The van der Waals surface area contributed by atoms with Crippen LogP contribution in [0.25, 0.3) is 10.9 Å². The van der Waals surface area contributed by atoms with Crippen LogP contribution in [0.3, 0.4) is 0 Å². The van der Waals surface area contributed by atoms with Crippen LogP contribution in [-0.2, 0) is 11.2 Å². The van der Waals surface area contributed by atoms with Crippen LogP contribution < -0.4 is 0 Å². The summed E-state index contributed by atoms with van der Waals surface area (Å²) in [5, 5.41) is 1.12. The Kier molecular flexibility index (Phi) is 3.54. The first-order valence-electron chi connectivity index (χ1n) is 7.91. The number of pyridine rings is 1. The van der Waals surface area contributed by atoms with Crippen LogP contribution >= 0.6 is 0 Å². The monoisotopic (exact) mass is 302 g/mol. The lowest BCUT2D eigenvalue weighted by Crippen LogP contribution is -2.09. The van der Waals surface area contributed by atoms with Crippen molar-refractivity contribution in [1.82, 2.24) is 4.98 Å². The van der Waals surface area contributed by atoms with Crippen molar-refractivity contribution in [2.75, 3.05) is 6.61 Å². The van der Waals surface area contributed by atoms with Crippen molar-refractivity contribution >= 4 is 16.8 Å². The Labute approximate surface area is 135 Å². The van der Waals surface area contributed by atoms with Crippen molar-refractivity contribution in [3.05, 3.63) is 77.5 Å². The van der Waals surface area contributed by atoms with E-state index in [-0.39, 0.29) is 6.04 Å². The number of ether oxygens (including phenoxy) is 1. The molecule has 1 aromatic heterocycles. The van der Waals surface area contributed by atoms with E-state index in [1.165, 1.54) is 5.56 Å². The van der Waals surface area contributed by atoms with E-state index in [4.69, 9.17) is 9.73 Å². The third kappa shape index (κ3) is 2.82. The zero-order valence-corrected chi connectivity index (χ0v) is 13.1. The summed E-state index contributed by atoms with van der Waals surface area (Å²) in [4.78, 5) is 9.46. The smallest absolute Gasteiger partial charge is 0.218 e. The van der Waals surface area contributed by atoms with Crippen LogP contribution in [0.5, 0.6) is 0 Å². The average molecular weight is 302 g/mol. The van der Waals surface area contributed by atoms with E-state index >= 15 is 0 Å². The second kappa shape index (κ2) is 5.84. The fraction of sp³-hybridized carbons (Fsp3) is 0.200. The van der Waals surface area contributed by atoms with Crippen molar-refractivity contribution in [1.29, 1.82) is 0 Å². The number of hydrogen-bond acceptors (Lipinski definition) is 3. The number of aromatic nitrogens is 1. The van der Waals surface area contributed by atoms with Gasteiger partial charge in [-0.05, 0) is 31.0 Å². The van der Waals surface area contributed by atoms with E-state index in [2.05, 4.69) is 41.4 Å². The van der Waals surface area contributed by atoms with E-state index in [0.29, 0.717) is 6.61 Å². The number of fused-ring (bicyclic) bond motifs is 1. The van der Waals surface area contributed by atoms with E-state index in [1.807, 2.05) is 31.2 Å². The lowest BCUT2D eigenvalue weighted by molar-refractivity contribution is 0.317. The molecule has 114 valence electrons. The van der Waals surface area contributed by atoms with Gasteiger partial charge in [0.1, 0.15) is 6.61 Å². The highest BCUT2D eigenvalue weighted by molar-refractivity contribution is 6.06. The summed E-state index contributed by atoms with van der Waals surface area (Å²) in [5.74, 6) is 0.717. The van der Waals surface area contributed by atoms with Crippen LogP contribution in [0.4, 0.5) is 0 Å². The third-order valence-corrected chi connectivity index (χ3v) is 4.12. The quantitative estimate of drug-likeness (QED) is 0.734. The summed E-state index contributed by atoms with van der Waals surface area (Å²) in [5.41, 5.74) is 4.25. The first-order valence-corrected chi connectivity index (χ1v) is 7.91. The van der Waals surface area contributed by atoms with Gasteiger partial charge >= 0.3 is 0 Å². The minimum Gasteiger partial charge on any atom is -0.475 e. The van der Waals surface area contributed by atoms with Crippen molar-refractivity contribution < 1.29 is 4.74 Å². The molecule has 1 aliphatic heterocycles. The SMILES string of the molecule is Cc1ccc2cccc(C3=N[C@@H](Cc4ccccc4)CO3)c2n1. The average Bonchev–Trinajstić information content (AvgIpc) is 3.03. The molecule has 3 aromatic rings. The molecule has 0 spiro atoms. The van der Waals surface area contributed by atoms with Crippen molar-refractivity contribution in [3.8, 4) is 0 Å². The Bertz CT molecular complexity index is 871. The number of benzene rings is 2. The lowest BCUT2D eigenvalue weighted by Gasteiger charge is -2.06. The summed E-state index contributed by atoms with van der Waals surface area (Å²) < 4.78 is 5.88. The van der Waals surface area contributed by atoms with Gasteiger partial charge in [-0.2, -0.15) is 0 Å². The Morgan fingerprint density at radius 1 is 1.00 bits per heavy atom. The molecule has 3 heteroatoms. The summed E-state index contributed by atoms with van der Waals surface area (Å²) in [6.07, 6.45) is 0.904. The van der Waals surface area contributed by atoms with Gasteiger partial charge in [0.05, 0.1) is 17.1 Å². The van der Waals surface area contributed by atoms with E-state index in [9.17, 15) is 0 Å². The molecule has 0 bridgehead atoms. The first kappa shape index (κ1) is 13.9. The van der Waals surface area contributed by atoms with E-state index < -0.39 is 0 Å². The second-order valence-corrected chi connectivity index (χ2v) is 5.92. The minimum absolute atomic E-state index is 0.174. The van der Waals surface area contributed by atoms with Gasteiger partial charge in [0.25, 0.3) is 0 Å². The molecule has 0 saturated carbocycles. The molecule has 1 aliphatic rings. The number of hydrogen-bond donors (Lipinski definition) is 0. The highest BCUT2D eigenvalue weighted by Crippen LogP contribution is 2.22. The summed E-state index contributed by atoms with van der Waals surface area (Å²) in [7, 11) is 0. The molecule has 4 rings (SSSR count). The summed E-state index contributed by atoms with van der Waals surface area (Å²) in [6.45, 7) is 2.64. The molecule has 0 N–H and O–H groups in total. The Hall–Kier alpha value is -2.68. The first-order chi connectivity index (χ1) is 11.3.